The van der Waals surface area contributed by atoms with Crippen LogP contribution in [-0.2, 0) is 0 Å². The van der Waals surface area contributed by atoms with Crippen LogP contribution in [0.5, 0.6) is 0 Å². The molecule has 0 bridgehead atoms. The minimum atomic E-state index is -4.36. The van der Waals surface area contributed by atoms with Crippen molar-refractivity contribution in [3.63, 3.8) is 0 Å². The van der Waals surface area contributed by atoms with Gasteiger partial charge in [0.15, 0.2) is 0 Å². The van der Waals surface area contributed by atoms with Gasteiger partial charge in [-0.3, -0.25) is 0 Å². The number of rotatable bonds is 5. The number of halogens is 3. The van der Waals surface area contributed by atoms with E-state index in [1.54, 1.807) is 13.0 Å². The molecule has 0 aliphatic rings. The molecule has 1 N–H and O–H groups in total. The van der Waals surface area contributed by atoms with Crippen molar-refractivity contribution in [2.24, 2.45) is 0 Å². The Hall–Kier alpha value is -1.37. The van der Waals surface area contributed by atoms with Gasteiger partial charge in [-0.15, -0.1) is 0 Å². The van der Waals surface area contributed by atoms with Crippen LogP contribution in [0.4, 0.5) is 19.1 Å². The first-order chi connectivity index (χ1) is 8.73. The van der Waals surface area contributed by atoms with Gasteiger partial charge in [0.2, 0.25) is 5.95 Å². The smallest absolute Gasteiger partial charge is 0.395 e. The molecule has 7 heteroatoms. The lowest BCUT2D eigenvalue weighted by Gasteiger charge is -2.24. The highest BCUT2D eigenvalue weighted by Crippen LogP contribution is 2.21. The first-order valence-corrected chi connectivity index (χ1v) is 6.01. The molecule has 0 radical (unpaired) electrons. The molecule has 1 rings (SSSR count). The van der Waals surface area contributed by atoms with Gasteiger partial charge in [-0.25, -0.2) is 9.97 Å². The zero-order chi connectivity index (χ0) is 14.6. The van der Waals surface area contributed by atoms with Crippen molar-refractivity contribution in [3.05, 3.63) is 17.5 Å². The predicted octanol–water partition coefficient (Wildman–Crippen LogP) is 2.27. The van der Waals surface area contributed by atoms with E-state index in [1.807, 2.05) is 13.8 Å². The van der Waals surface area contributed by atoms with Crippen molar-refractivity contribution in [2.45, 2.75) is 32.9 Å². The number of aliphatic hydroxyl groups is 1. The third-order valence-corrected chi connectivity index (χ3v) is 2.48. The maximum absolute atomic E-state index is 12.5. The minimum Gasteiger partial charge on any atom is -0.395 e. The Morgan fingerprint density at radius 2 is 1.95 bits per heavy atom. The SMILES string of the molecule is Cc1cc(C(C)C)nc(N(CCO)CC(F)(F)F)n1. The second-order valence-electron chi connectivity index (χ2n) is 4.65. The highest BCUT2D eigenvalue weighted by atomic mass is 19.4. The maximum Gasteiger partial charge on any atom is 0.406 e. The van der Waals surface area contributed by atoms with Gasteiger partial charge in [0.1, 0.15) is 6.54 Å². The topological polar surface area (TPSA) is 49.2 Å². The molecule has 0 unspecified atom stereocenters. The number of nitrogens with zero attached hydrogens (tertiary/aromatic N) is 3. The molecule has 0 fully saturated rings. The summed E-state index contributed by atoms with van der Waals surface area (Å²) in [6.07, 6.45) is -4.36. The largest absolute Gasteiger partial charge is 0.406 e. The summed E-state index contributed by atoms with van der Waals surface area (Å²) in [6, 6.07) is 1.75. The van der Waals surface area contributed by atoms with Crippen LogP contribution in [-0.4, -0.2) is 40.9 Å². The van der Waals surface area contributed by atoms with Gasteiger partial charge >= 0.3 is 6.18 Å². The van der Waals surface area contributed by atoms with E-state index in [2.05, 4.69) is 9.97 Å². The molecule has 0 aliphatic carbocycles. The lowest BCUT2D eigenvalue weighted by atomic mass is 10.1. The summed E-state index contributed by atoms with van der Waals surface area (Å²) in [6.45, 7) is 3.82. The van der Waals surface area contributed by atoms with Crippen LogP contribution in [0.3, 0.4) is 0 Å². The summed E-state index contributed by atoms with van der Waals surface area (Å²) in [5, 5.41) is 8.88. The summed E-state index contributed by atoms with van der Waals surface area (Å²) < 4.78 is 37.5. The molecule has 4 nitrogen and oxygen atoms in total. The lowest BCUT2D eigenvalue weighted by Crippen LogP contribution is -2.37. The zero-order valence-electron chi connectivity index (χ0n) is 11.2. The fourth-order valence-electron chi connectivity index (χ4n) is 1.60. The molecule has 0 aliphatic heterocycles. The van der Waals surface area contributed by atoms with Gasteiger partial charge in [0, 0.05) is 17.9 Å². The van der Waals surface area contributed by atoms with Crippen molar-refractivity contribution in [2.75, 3.05) is 24.6 Å². The highest BCUT2D eigenvalue weighted by molar-refractivity contribution is 5.33. The van der Waals surface area contributed by atoms with Crippen molar-refractivity contribution in [3.8, 4) is 0 Å². The standard InChI is InChI=1S/C12H18F3N3O/c1-8(2)10-6-9(3)16-11(17-10)18(4-5-19)7-12(13,14)15/h6,8,19H,4-5,7H2,1-3H3. The zero-order valence-corrected chi connectivity index (χ0v) is 11.2. The van der Waals surface area contributed by atoms with Crippen molar-refractivity contribution in [1.29, 1.82) is 0 Å². The number of alkyl halides is 3. The number of hydrogen-bond donors (Lipinski definition) is 1. The van der Waals surface area contributed by atoms with Crippen molar-refractivity contribution in [1.82, 2.24) is 9.97 Å². The molecule has 1 heterocycles. The Morgan fingerprint density at radius 1 is 1.32 bits per heavy atom. The second-order valence-corrected chi connectivity index (χ2v) is 4.65. The van der Waals surface area contributed by atoms with Gasteiger partial charge in [0.25, 0.3) is 0 Å². The molecule has 0 saturated carbocycles. The summed E-state index contributed by atoms with van der Waals surface area (Å²) in [4.78, 5) is 9.11. The molecule has 0 saturated heterocycles. The summed E-state index contributed by atoms with van der Waals surface area (Å²) >= 11 is 0. The van der Waals surface area contributed by atoms with Crippen LogP contribution in [0.25, 0.3) is 0 Å². The molecule has 0 spiro atoms. The molecule has 0 amide bonds. The van der Waals surface area contributed by atoms with E-state index in [0.717, 1.165) is 4.90 Å². The average Bonchev–Trinajstić information content (AvgIpc) is 2.25. The third kappa shape index (κ3) is 5.02. The molecular weight excluding hydrogens is 259 g/mol. The van der Waals surface area contributed by atoms with Crippen LogP contribution in [0.1, 0.15) is 31.2 Å². The number of anilines is 1. The Morgan fingerprint density at radius 3 is 2.42 bits per heavy atom. The Labute approximate surface area is 110 Å². The number of aryl methyl sites for hydroxylation is 1. The first-order valence-electron chi connectivity index (χ1n) is 6.01. The van der Waals surface area contributed by atoms with E-state index < -0.39 is 12.7 Å². The van der Waals surface area contributed by atoms with Crippen molar-refractivity contribution >= 4 is 5.95 Å². The number of aromatic nitrogens is 2. The van der Waals surface area contributed by atoms with Crippen molar-refractivity contribution < 1.29 is 18.3 Å². The van der Waals surface area contributed by atoms with Crippen LogP contribution >= 0.6 is 0 Å². The molecule has 0 atom stereocenters. The van der Waals surface area contributed by atoms with Crippen LogP contribution in [0, 0.1) is 6.92 Å². The number of aliphatic hydroxyl groups excluding tert-OH is 1. The minimum absolute atomic E-state index is 0.00933. The molecule has 1 aromatic heterocycles. The molecule has 1 aromatic rings. The van der Waals surface area contributed by atoms with E-state index in [4.69, 9.17) is 5.11 Å². The van der Waals surface area contributed by atoms with E-state index in [0.29, 0.717) is 11.4 Å². The normalized spacial score (nSPS) is 12.0. The quantitative estimate of drug-likeness (QED) is 0.897. The van der Waals surface area contributed by atoms with Crippen LogP contribution < -0.4 is 4.90 Å². The average molecular weight is 277 g/mol. The lowest BCUT2D eigenvalue weighted by molar-refractivity contribution is -0.120. The van der Waals surface area contributed by atoms with Gasteiger partial charge in [-0.05, 0) is 18.9 Å². The second kappa shape index (κ2) is 6.18. The van der Waals surface area contributed by atoms with Gasteiger partial charge in [-0.2, -0.15) is 13.2 Å². The predicted molar refractivity (Wildman–Crippen MR) is 66.2 cm³/mol. The third-order valence-electron chi connectivity index (χ3n) is 2.48. The molecule has 108 valence electrons. The molecular formula is C12H18F3N3O. The fourth-order valence-corrected chi connectivity index (χ4v) is 1.60. The molecule has 19 heavy (non-hydrogen) atoms. The van der Waals surface area contributed by atoms with E-state index in [1.165, 1.54) is 0 Å². The summed E-state index contributed by atoms with van der Waals surface area (Å²) in [5.74, 6) is 0.109. The first kappa shape index (κ1) is 15.7. The van der Waals surface area contributed by atoms with E-state index in [9.17, 15) is 13.2 Å². The van der Waals surface area contributed by atoms with Gasteiger partial charge < -0.3 is 10.0 Å². The Bertz CT molecular complexity index is 421. The fraction of sp³-hybridized carbons (Fsp3) is 0.667. The van der Waals surface area contributed by atoms with E-state index >= 15 is 0 Å². The van der Waals surface area contributed by atoms with Crippen LogP contribution in [0.15, 0.2) is 6.07 Å². The Balaban J connectivity index is 3.07. The molecule has 0 aromatic carbocycles. The monoisotopic (exact) mass is 277 g/mol. The summed E-state index contributed by atoms with van der Waals surface area (Å²) in [5.41, 5.74) is 1.30. The number of hydrogen-bond acceptors (Lipinski definition) is 4. The summed E-state index contributed by atoms with van der Waals surface area (Å²) in [7, 11) is 0. The Kier molecular flexibility index (Phi) is 5.11. The van der Waals surface area contributed by atoms with Crippen LogP contribution in [0.2, 0.25) is 0 Å². The van der Waals surface area contributed by atoms with E-state index in [-0.39, 0.29) is 25.0 Å². The van der Waals surface area contributed by atoms with Gasteiger partial charge in [0.05, 0.1) is 6.61 Å². The maximum atomic E-state index is 12.5. The highest BCUT2D eigenvalue weighted by Gasteiger charge is 2.32. The van der Waals surface area contributed by atoms with Gasteiger partial charge in [-0.1, -0.05) is 13.8 Å².